The third-order valence-corrected chi connectivity index (χ3v) is 9.78. The van der Waals surface area contributed by atoms with Gasteiger partial charge in [0.25, 0.3) is 5.91 Å². The van der Waals surface area contributed by atoms with Gasteiger partial charge in [-0.05, 0) is 91.1 Å². The Morgan fingerprint density at radius 1 is 1.02 bits per heavy atom. The summed E-state index contributed by atoms with van der Waals surface area (Å²) in [4.78, 5) is 41.6. The second kappa shape index (κ2) is 11.0. The number of phenolic OH excluding ortho intramolecular Hbond substituents is 1. The summed E-state index contributed by atoms with van der Waals surface area (Å²) in [5.74, 6) is -6.25. The topological polar surface area (TPSA) is 161 Å². The van der Waals surface area contributed by atoms with E-state index in [9.17, 15) is 34.8 Å². The quantitative estimate of drug-likeness (QED) is 0.315. The average molecular weight is 587 g/mol. The summed E-state index contributed by atoms with van der Waals surface area (Å²) in [7, 11) is 0. The molecule has 0 spiro atoms. The van der Waals surface area contributed by atoms with Crippen molar-refractivity contribution in [2.24, 2.45) is 17.6 Å². The first-order valence-corrected chi connectivity index (χ1v) is 15.2. The Morgan fingerprint density at radius 2 is 1.77 bits per heavy atom. The van der Waals surface area contributed by atoms with Crippen molar-refractivity contribution in [3.63, 3.8) is 0 Å². The van der Waals surface area contributed by atoms with E-state index >= 15 is 0 Å². The number of aromatic hydroxyl groups is 1. The number of phenols is 1. The normalized spacial score (nSPS) is 25.8. The van der Waals surface area contributed by atoms with Crippen LogP contribution in [0.25, 0.3) is 11.1 Å². The van der Waals surface area contributed by atoms with Gasteiger partial charge in [0, 0.05) is 24.5 Å². The number of rotatable bonds is 6. The van der Waals surface area contributed by atoms with Crippen LogP contribution in [-0.4, -0.2) is 61.5 Å². The van der Waals surface area contributed by atoms with Crippen LogP contribution in [-0.2, 0) is 29.0 Å². The molecule has 9 heteroatoms. The number of piperidine rings is 1. The molecule has 2 aromatic carbocycles. The van der Waals surface area contributed by atoms with Crippen molar-refractivity contribution in [2.45, 2.75) is 70.4 Å². The second-order valence-electron chi connectivity index (χ2n) is 12.5. The number of nitrogens with zero attached hydrogens (tertiary/aromatic N) is 1. The fraction of sp³-hybridized carbons (Fsp3) is 0.441. The number of primary amides is 1. The molecule has 0 bridgehead atoms. The molecule has 0 unspecified atom stereocenters. The summed E-state index contributed by atoms with van der Waals surface area (Å²) in [6, 6.07) is 9.83. The van der Waals surface area contributed by atoms with Crippen LogP contribution in [0, 0.1) is 11.8 Å². The summed E-state index contributed by atoms with van der Waals surface area (Å²) >= 11 is 0. The fourth-order valence-electron chi connectivity index (χ4n) is 7.71. The predicted molar refractivity (Wildman–Crippen MR) is 159 cm³/mol. The summed E-state index contributed by atoms with van der Waals surface area (Å²) < 4.78 is 0. The zero-order valence-corrected chi connectivity index (χ0v) is 24.4. The summed E-state index contributed by atoms with van der Waals surface area (Å²) in [6.45, 7) is 5.08. The Balaban J connectivity index is 1.45. The number of benzene rings is 2. The molecule has 6 N–H and O–H groups in total. The van der Waals surface area contributed by atoms with Crippen LogP contribution < -0.4 is 5.73 Å². The van der Waals surface area contributed by atoms with E-state index in [0.29, 0.717) is 5.56 Å². The fourth-order valence-corrected chi connectivity index (χ4v) is 7.71. The minimum Gasteiger partial charge on any atom is -0.511 e. The highest BCUT2D eigenvalue weighted by atomic mass is 16.3. The van der Waals surface area contributed by atoms with Crippen LogP contribution in [0.4, 0.5) is 0 Å². The number of fused-ring (bicyclic) bond motifs is 3. The predicted octanol–water partition coefficient (Wildman–Crippen LogP) is 4.19. The molecule has 1 heterocycles. The zero-order valence-electron chi connectivity index (χ0n) is 24.4. The SMILES string of the molecule is CCCc1ccc(CN2CCCCC2)cc1-c1ccc(O)c2c1C[C@H]1C[C@H]3CC(O)=C(C(N)=O)C(=O)[C@@]3(O)C(O)=C1C2=O. The van der Waals surface area contributed by atoms with Gasteiger partial charge in [-0.25, -0.2) is 0 Å². The Bertz CT molecular complexity index is 1600. The minimum absolute atomic E-state index is 0.0398. The van der Waals surface area contributed by atoms with Crippen LogP contribution in [0.5, 0.6) is 5.75 Å². The number of carbonyl (C=O) groups excluding carboxylic acids is 3. The number of hydrogen-bond donors (Lipinski definition) is 5. The van der Waals surface area contributed by atoms with Crippen molar-refractivity contribution >= 4 is 17.5 Å². The van der Waals surface area contributed by atoms with E-state index in [4.69, 9.17) is 5.73 Å². The van der Waals surface area contributed by atoms with Gasteiger partial charge in [0.1, 0.15) is 22.8 Å². The second-order valence-corrected chi connectivity index (χ2v) is 12.5. The third kappa shape index (κ3) is 4.66. The molecule has 1 saturated heterocycles. The molecule has 1 aliphatic heterocycles. The van der Waals surface area contributed by atoms with Crippen molar-refractivity contribution in [1.29, 1.82) is 0 Å². The lowest BCUT2D eigenvalue weighted by molar-refractivity contribution is -0.144. The standard InChI is InChI=1S/C34H38N2O7/c1-2-6-19-8-7-18(17-36-11-4-3-5-12-36)13-23(19)22-9-10-25(37)28-24(22)15-20-14-21-16-26(38)29(33(35)42)32(41)34(21,43)31(40)27(20)30(28)39/h7-10,13,20-21,37-38,40,43H,2-6,11-12,14-17H2,1H3,(H2,35,42)/t20-,21+,34+/m1/s1. The first-order chi connectivity index (χ1) is 20.6. The molecule has 1 amide bonds. The highest BCUT2D eigenvalue weighted by Gasteiger charge is 2.59. The Morgan fingerprint density at radius 3 is 2.47 bits per heavy atom. The minimum atomic E-state index is -2.57. The number of likely N-dealkylation sites (tertiary alicyclic amines) is 1. The van der Waals surface area contributed by atoms with Crippen molar-refractivity contribution in [2.75, 3.05) is 13.1 Å². The molecule has 0 radical (unpaired) electrons. The van der Waals surface area contributed by atoms with Gasteiger partial charge in [-0.1, -0.05) is 38.0 Å². The average Bonchev–Trinajstić information content (AvgIpc) is 2.96. The number of hydrogen-bond acceptors (Lipinski definition) is 8. The number of aliphatic hydroxyl groups excluding tert-OH is 2. The molecule has 43 heavy (non-hydrogen) atoms. The van der Waals surface area contributed by atoms with E-state index in [1.165, 1.54) is 30.9 Å². The maximum atomic E-state index is 14.0. The number of aryl methyl sites for hydroxylation is 1. The van der Waals surface area contributed by atoms with Crippen molar-refractivity contribution in [3.8, 4) is 16.9 Å². The number of aliphatic hydroxyl groups is 3. The van der Waals surface area contributed by atoms with Crippen LogP contribution in [0.3, 0.4) is 0 Å². The van der Waals surface area contributed by atoms with Crippen LogP contribution in [0.1, 0.15) is 72.5 Å². The molecule has 6 rings (SSSR count). The largest absolute Gasteiger partial charge is 0.511 e. The van der Waals surface area contributed by atoms with E-state index in [1.807, 2.05) is 6.07 Å². The highest BCUT2D eigenvalue weighted by molar-refractivity contribution is 6.24. The first-order valence-electron chi connectivity index (χ1n) is 15.2. The Labute approximate surface area is 250 Å². The van der Waals surface area contributed by atoms with Gasteiger partial charge >= 0.3 is 0 Å². The van der Waals surface area contributed by atoms with Gasteiger partial charge in [-0.15, -0.1) is 0 Å². The van der Waals surface area contributed by atoms with Gasteiger partial charge in [0.2, 0.25) is 5.78 Å². The molecule has 0 saturated carbocycles. The molecule has 9 nitrogen and oxygen atoms in total. The number of allylic oxidation sites excluding steroid dienone is 2. The maximum absolute atomic E-state index is 14.0. The number of ketones is 2. The summed E-state index contributed by atoms with van der Waals surface area (Å²) in [5, 5.41) is 44.3. The van der Waals surface area contributed by atoms with Gasteiger partial charge in [0.05, 0.1) is 5.56 Å². The number of Topliss-reactive ketones (excluding diaryl/α,β-unsaturated/α-hetero) is 2. The monoisotopic (exact) mass is 586 g/mol. The third-order valence-electron chi connectivity index (χ3n) is 9.78. The molecule has 3 aliphatic carbocycles. The van der Waals surface area contributed by atoms with Crippen LogP contribution >= 0.6 is 0 Å². The van der Waals surface area contributed by atoms with Crippen molar-refractivity contribution < 1.29 is 34.8 Å². The molecular formula is C34H38N2O7. The molecule has 3 atom stereocenters. The molecule has 1 fully saturated rings. The van der Waals surface area contributed by atoms with Gasteiger partial charge in [-0.3, -0.25) is 19.3 Å². The highest BCUT2D eigenvalue weighted by Crippen LogP contribution is 2.52. The van der Waals surface area contributed by atoms with E-state index in [0.717, 1.165) is 49.2 Å². The summed E-state index contributed by atoms with van der Waals surface area (Å²) in [6.07, 6.45) is 5.54. The molecule has 226 valence electrons. The van der Waals surface area contributed by atoms with Crippen LogP contribution in [0.15, 0.2) is 53.0 Å². The molecule has 4 aliphatic rings. The smallest absolute Gasteiger partial charge is 0.255 e. The van der Waals surface area contributed by atoms with E-state index < -0.39 is 52.0 Å². The lowest BCUT2D eigenvalue weighted by atomic mass is 9.60. The summed E-state index contributed by atoms with van der Waals surface area (Å²) in [5.41, 5.74) is 6.66. The van der Waals surface area contributed by atoms with E-state index in [1.54, 1.807) is 0 Å². The lowest BCUT2D eigenvalue weighted by Crippen LogP contribution is -2.57. The number of nitrogens with two attached hydrogens (primary N) is 1. The van der Waals surface area contributed by atoms with Crippen molar-refractivity contribution in [3.05, 3.63) is 75.3 Å². The number of amides is 1. The van der Waals surface area contributed by atoms with Crippen molar-refractivity contribution in [1.82, 2.24) is 4.90 Å². The van der Waals surface area contributed by atoms with Gasteiger partial charge in [-0.2, -0.15) is 0 Å². The zero-order chi connectivity index (χ0) is 30.6. The molecular weight excluding hydrogens is 548 g/mol. The molecule has 2 aromatic rings. The van der Waals surface area contributed by atoms with E-state index in [-0.39, 0.29) is 36.1 Å². The van der Waals surface area contributed by atoms with E-state index in [2.05, 4.69) is 30.0 Å². The van der Waals surface area contributed by atoms with Gasteiger partial charge in [0.15, 0.2) is 11.4 Å². The maximum Gasteiger partial charge on any atom is 0.255 e. The first kappa shape index (κ1) is 29.1. The Kier molecular flexibility index (Phi) is 7.42. The van der Waals surface area contributed by atoms with Crippen LogP contribution in [0.2, 0.25) is 0 Å². The Hall–Kier alpha value is -3.95. The lowest BCUT2D eigenvalue weighted by Gasteiger charge is -2.45. The van der Waals surface area contributed by atoms with Gasteiger partial charge < -0.3 is 26.2 Å². The number of carbonyl (C=O) groups is 3. The molecule has 0 aromatic heterocycles.